The number of rotatable bonds is 7. The number of nitrogens with zero attached hydrogens (tertiary/aromatic N) is 1. The molecule has 0 aliphatic heterocycles. The van der Waals surface area contributed by atoms with E-state index in [1.165, 1.54) is 11.2 Å². The molecule has 0 bridgehead atoms. The Hall–Kier alpha value is -1.44. The molecule has 1 aromatic rings. The predicted octanol–water partition coefficient (Wildman–Crippen LogP) is 0.468. The van der Waals surface area contributed by atoms with Gasteiger partial charge in [-0.1, -0.05) is 12.1 Å². The number of carbonyl (C=O) groups excluding carboxylic acids is 1. The van der Waals surface area contributed by atoms with Crippen LogP contribution in [0, 0.1) is 0 Å². The number of sulfonamides is 1. The largest absolute Gasteiger partial charge is 0.395 e. The van der Waals surface area contributed by atoms with Crippen LogP contribution in [0.15, 0.2) is 29.2 Å². The fourth-order valence-electron chi connectivity index (χ4n) is 2.10. The van der Waals surface area contributed by atoms with Gasteiger partial charge >= 0.3 is 0 Å². The van der Waals surface area contributed by atoms with E-state index in [1.54, 1.807) is 24.3 Å². The van der Waals surface area contributed by atoms with E-state index in [0.29, 0.717) is 6.54 Å². The summed E-state index contributed by atoms with van der Waals surface area (Å²) in [5.41, 5.74) is 0.837. The van der Waals surface area contributed by atoms with E-state index in [0.717, 1.165) is 18.4 Å². The molecule has 0 heterocycles. The number of aliphatic hydroxyl groups excluding tert-OH is 1. The number of aliphatic hydroxyl groups is 1. The van der Waals surface area contributed by atoms with E-state index in [1.807, 2.05) is 0 Å². The predicted molar refractivity (Wildman–Crippen MR) is 78.0 cm³/mol. The van der Waals surface area contributed by atoms with Crippen molar-refractivity contribution in [2.75, 3.05) is 13.2 Å². The zero-order valence-corrected chi connectivity index (χ0v) is 12.8. The number of hydrogen-bond donors (Lipinski definition) is 2. The maximum Gasteiger partial charge on any atom is 0.243 e. The zero-order chi connectivity index (χ0) is 15.5. The molecule has 2 N–H and O–H groups in total. The molecule has 7 heteroatoms. The molecule has 0 saturated heterocycles. The summed E-state index contributed by atoms with van der Waals surface area (Å²) in [6.45, 7) is 1.75. The van der Waals surface area contributed by atoms with Crippen molar-refractivity contribution in [3.63, 3.8) is 0 Å². The highest BCUT2D eigenvalue weighted by atomic mass is 32.2. The Bertz CT molecular complexity index is 594. The number of carbonyl (C=O) groups is 1. The minimum absolute atomic E-state index is 0.0150. The highest BCUT2D eigenvalue weighted by molar-refractivity contribution is 7.89. The Morgan fingerprint density at radius 3 is 2.43 bits per heavy atom. The third-order valence-electron chi connectivity index (χ3n) is 3.35. The summed E-state index contributed by atoms with van der Waals surface area (Å²) in [5, 5.41) is 11.7. The smallest absolute Gasteiger partial charge is 0.243 e. The van der Waals surface area contributed by atoms with Crippen molar-refractivity contribution in [2.24, 2.45) is 0 Å². The minimum Gasteiger partial charge on any atom is -0.395 e. The van der Waals surface area contributed by atoms with Crippen LogP contribution in [0.3, 0.4) is 0 Å². The van der Waals surface area contributed by atoms with Gasteiger partial charge < -0.3 is 10.4 Å². The lowest BCUT2D eigenvalue weighted by atomic mass is 10.2. The van der Waals surface area contributed by atoms with Crippen LogP contribution >= 0.6 is 0 Å². The summed E-state index contributed by atoms with van der Waals surface area (Å²) in [6, 6.07) is 6.47. The highest BCUT2D eigenvalue weighted by Crippen LogP contribution is 2.31. The first-order chi connectivity index (χ1) is 9.95. The van der Waals surface area contributed by atoms with Crippen molar-refractivity contribution in [1.29, 1.82) is 0 Å². The molecule has 6 nitrogen and oxygen atoms in total. The van der Waals surface area contributed by atoms with Crippen molar-refractivity contribution in [3.8, 4) is 0 Å². The van der Waals surface area contributed by atoms with Gasteiger partial charge in [-0.3, -0.25) is 4.79 Å². The molecule has 0 radical (unpaired) electrons. The lowest BCUT2D eigenvalue weighted by Gasteiger charge is -2.21. The summed E-state index contributed by atoms with van der Waals surface area (Å²) in [5.74, 6) is -0.130. The van der Waals surface area contributed by atoms with Crippen LogP contribution in [0.4, 0.5) is 0 Å². The van der Waals surface area contributed by atoms with Gasteiger partial charge in [-0.25, -0.2) is 8.42 Å². The topological polar surface area (TPSA) is 86.7 Å². The monoisotopic (exact) mass is 312 g/mol. The maximum absolute atomic E-state index is 12.5. The van der Waals surface area contributed by atoms with Crippen LogP contribution in [0.5, 0.6) is 0 Å². The standard InChI is InChI=1S/C14H20N2O4S/c1-11(18)15-10-12-2-6-14(7-3-12)21(19,20)16(8-9-17)13-4-5-13/h2-3,6-7,13,17H,4-5,8-10H2,1H3,(H,15,18). The van der Waals surface area contributed by atoms with Crippen molar-refractivity contribution >= 4 is 15.9 Å². The number of amides is 1. The van der Waals surface area contributed by atoms with Gasteiger partial charge in [-0.15, -0.1) is 0 Å². The number of benzene rings is 1. The van der Waals surface area contributed by atoms with Crippen molar-refractivity contribution in [1.82, 2.24) is 9.62 Å². The van der Waals surface area contributed by atoms with Crippen LogP contribution < -0.4 is 5.32 Å². The Morgan fingerprint density at radius 1 is 1.33 bits per heavy atom. The maximum atomic E-state index is 12.5. The SMILES string of the molecule is CC(=O)NCc1ccc(S(=O)(=O)N(CCO)C2CC2)cc1. The van der Waals surface area contributed by atoms with Crippen LogP contribution in [-0.4, -0.2) is 42.9 Å². The second-order valence-electron chi connectivity index (χ2n) is 5.12. The summed E-state index contributed by atoms with van der Waals surface area (Å²) in [7, 11) is -3.56. The molecule has 116 valence electrons. The second-order valence-corrected chi connectivity index (χ2v) is 7.01. The first-order valence-electron chi connectivity index (χ1n) is 6.91. The van der Waals surface area contributed by atoms with Crippen LogP contribution in [0.2, 0.25) is 0 Å². The summed E-state index contributed by atoms with van der Waals surface area (Å²) < 4.78 is 26.4. The Balaban J connectivity index is 2.14. The molecule has 1 amide bonds. The molecular weight excluding hydrogens is 292 g/mol. The van der Waals surface area contributed by atoms with Gasteiger partial charge in [0.2, 0.25) is 15.9 Å². The van der Waals surface area contributed by atoms with E-state index in [9.17, 15) is 13.2 Å². The van der Waals surface area contributed by atoms with E-state index < -0.39 is 10.0 Å². The molecule has 1 aliphatic carbocycles. The first-order valence-corrected chi connectivity index (χ1v) is 8.35. The normalized spacial score (nSPS) is 15.2. The van der Waals surface area contributed by atoms with Crippen molar-refractivity contribution in [2.45, 2.75) is 37.2 Å². The molecule has 1 fully saturated rings. The van der Waals surface area contributed by atoms with Crippen molar-refractivity contribution < 1.29 is 18.3 Å². The van der Waals surface area contributed by atoms with Gasteiger partial charge in [-0.2, -0.15) is 4.31 Å². The quantitative estimate of drug-likeness (QED) is 0.766. The van der Waals surface area contributed by atoms with Gasteiger partial charge in [-0.05, 0) is 30.5 Å². The summed E-state index contributed by atoms with van der Waals surface area (Å²) >= 11 is 0. The summed E-state index contributed by atoms with van der Waals surface area (Å²) in [6.07, 6.45) is 1.69. The van der Waals surface area contributed by atoms with E-state index >= 15 is 0 Å². The van der Waals surface area contributed by atoms with E-state index in [2.05, 4.69) is 5.32 Å². The average Bonchev–Trinajstić information content (AvgIpc) is 3.27. The third kappa shape index (κ3) is 4.03. The second kappa shape index (κ2) is 6.55. The van der Waals surface area contributed by atoms with E-state index in [4.69, 9.17) is 5.11 Å². The molecule has 0 spiro atoms. The first kappa shape index (κ1) is 15.9. The van der Waals surface area contributed by atoms with Crippen LogP contribution in [0.25, 0.3) is 0 Å². The zero-order valence-electron chi connectivity index (χ0n) is 11.9. The van der Waals surface area contributed by atoms with Crippen molar-refractivity contribution in [3.05, 3.63) is 29.8 Å². The number of hydrogen-bond acceptors (Lipinski definition) is 4. The van der Waals surface area contributed by atoms with Gasteiger partial charge in [0, 0.05) is 26.1 Å². The fraction of sp³-hybridized carbons (Fsp3) is 0.500. The molecule has 21 heavy (non-hydrogen) atoms. The third-order valence-corrected chi connectivity index (χ3v) is 5.31. The summed E-state index contributed by atoms with van der Waals surface area (Å²) in [4.78, 5) is 11.1. The fourth-order valence-corrected chi connectivity index (χ4v) is 3.78. The van der Waals surface area contributed by atoms with Crippen LogP contribution in [-0.2, 0) is 21.4 Å². The lowest BCUT2D eigenvalue weighted by Crippen LogP contribution is -2.35. The molecule has 1 aromatic carbocycles. The van der Waals surface area contributed by atoms with Gasteiger partial charge in [0.15, 0.2) is 0 Å². The molecule has 0 unspecified atom stereocenters. The molecule has 0 atom stereocenters. The molecule has 1 aliphatic rings. The molecule has 0 aromatic heterocycles. The molecule has 1 saturated carbocycles. The number of nitrogens with one attached hydrogen (secondary N) is 1. The highest BCUT2D eigenvalue weighted by Gasteiger charge is 2.37. The van der Waals surface area contributed by atoms with Gasteiger partial charge in [0.05, 0.1) is 11.5 Å². The van der Waals surface area contributed by atoms with Gasteiger partial charge in [0.1, 0.15) is 0 Å². The minimum atomic E-state index is -3.56. The average molecular weight is 312 g/mol. The Kier molecular flexibility index (Phi) is 4.97. The Labute approximate surface area is 124 Å². The Morgan fingerprint density at radius 2 is 1.95 bits per heavy atom. The molecule has 2 rings (SSSR count). The molecular formula is C14H20N2O4S. The van der Waals surface area contributed by atoms with Crippen LogP contribution in [0.1, 0.15) is 25.3 Å². The van der Waals surface area contributed by atoms with Gasteiger partial charge in [0.25, 0.3) is 0 Å². The van der Waals surface area contributed by atoms with E-state index in [-0.39, 0.29) is 30.0 Å². The lowest BCUT2D eigenvalue weighted by molar-refractivity contribution is -0.119.